The molecule has 0 aliphatic rings. The van der Waals surface area contributed by atoms with Crippen LogP contribution in [0.4, 0.5) is 14.5 Å². The number of anilines is 1. The Hall–Kier alpha value is -4.35. The van der Waals surface area contributed by atoms with E-state index >= 15 is 0 Å². The van der Waals surface area contributed by atoms with Gasteiger partial charge in [0.1, 0.15) is 17.3 Å². The lowest BCUT2D eigenvalue weighted by molar-refractivity contribution is -0.115. The first-order valence-corrected chi connectivity index (χ1v) is 13.4. The summed E-state index contributed by atoms with van der Waals surface area (Å²) in [5, 5.41) is 2.81. The van der Waals surface area contributed by atoms with E-state index < -0.39 is 22.7 Å². The minimum atomic E-state index is -2.21. The highest BCUT2D eigenvalue weighted by atomic mass is 32.2. The first kappa shape index (κ1) is 28.7. The number of pyridine rings is 1. The summed E-state index contributed by atoms with van der Waals surface area (Å²) in [6.45, 7) is 2.03. The zero-order chi connectivity index (χ0) is 28.8. The zero-order valence-electron chi connectivity index (χ0n) is 21.6. The molecule has 40 heavy (non-hydrogen) atoms. The highest BCUT2D eigenvalue weighted by Gasteiger charge is 2.18. The molecule has 0 aliphatic heterocycles. The predicted molar refractivity (Wildman–Crippen MR) is 146 cm³/mol. The summed E-state index contributed by atoms with van der Waals surface area (Å²) in [6, 6.07) is 15.6. The van der Waals surface area contributed by atoms with Crippen molar-refractivity contribution in [2.45, 2.75) is 19.1 Å². The third-order valence-electron chi connectivity index (χ3n) is 5.83. The molecule has 0 aliphatic carbocycles. The summed E-state index contributed by atoms with van der Waals surface area (Å²) in [5.41, 5.74) is 2.21. The van der Waals surface area contributed by atoms with Gasteiger partial charge in [-0.3, -0.25) is 13.8 Å². The maximum Gasteiger partial charge on any atom is 0.254 e. The van der Waals surface area contributed by atoms with E-state index in [0.717, 1.165) is 12.1 Å². The number of benzene rings is 3. The number of ether oxygens (including phenoxy) is 2. The van der Waals surface area contributed by atoms with Crippen LogP contribution in [0.15, 0.2) is 77.7 Å². The molecule has 1 aromatic heterocycles. The quantitative estimate of drug-likeness (QED) is 0.268. The maximum atomic E-state index is 14.4. The average Bonchev–Trinajstić information content (AvgIpc) is 2.89. The molecule has 0 spiro atoms. The minimum Gasteiger partial charge on any atom is -0.772 e. The highest BCUT2D eigenvalue weighted by molar-refractivity contribution is 7.78. The van der Waals surface area contributed by atoms with E-state index in [1.165, 1.54) is 16.7 Å². The number of carbonyl (C=O) groups is 1. The Bertz CT molecular complexity index is 1620. The molecule has 0 fully saturated rings. The third kappa shape index (κ3) is 7.19. The van der Waals surface area contributed by atoms with Crippen LogP contribution in [0, 0.1) is 11.6 Å². The van der Waals surface area contributed by atoms with Gasteiger partial charge in [0.05, 0.1) is 13.0 Å². The van der Waals surface area contributed by atoms with Crippen LogP contribution < -0.4 is 20.3 Å². The minimum absolute atomic E-state index is 0.0269. The second kappa shape index (κ2) is 12.7. The van der Waals surface area contributed by atoms with E-state index in [4.69, 9.17) is 9.47 Å². The standard InChI is InChI=1S/C29H26F2N2O6S/c1-3-38-27-15-29(35)33(2)16-23(27)22-14-21(9-11-25(22)39-26-10-8-20(30)13-24(26)31)32-28(34)12-18-4-6-19(7-5-18)17-40(36)37/h4-11,13-16H,3,12,17H2,1-2H3,(H,32,34)(H,36,37)/p-1. The molecule has 1 unspecified atom stereocenters. The molecule has 1 atom stereocenters. The van der Waals surface area contributed by atoms with E-state index in [-0.39, 0.29) is 47.5 Å². The molecule has 0 saturated carbocycles. The Morgan fingerprint density at radius 3 is 2.33 bits per heavy atom. The van der Waals surface area contributed by atoms with Gasteiger partial charge in [-0.1, -0.05) is 35.3 Å². The Labute approximate surface area is 231 Å². The lowest BCUT2D eigenvalue weighted by Crippen LogP contribution is -2.16. The van der Waals surface area contributed by atoms with Crippen LogP contribution in [-0.2, 0) is 35.1 Å². The van der Waals surface area contributed by atoms with Crippen LogP contribution >= 0.6 is 0 Å². The van der Waals surface area contributed by atoms with Gasteiger partial charge < -0.3 is 23.9 Å². The second-order valence-electron chi connectivity index (χ2n) is 8.81. The number of hydrogen-bond donors (Lipinski definition) is 1. The van der Waals surface area contributed by atoms with E-state index in [1.807, 2.05) is 0 Å². The lowest BCUT2D eigenvalue weighted by atomic mass is 10.0. The van der Waals surface area contributed by atoms with Gasteiger partial charge in [-0.25, -0.2) is 8.78 Å². The maximum absolute atomic E-state index is 14.4. The largest absolute Gasteiger partial charge is 0.772 e. The van der Waals surface area contributed by atoms with Crippen LogP contribution in [0.5, 0.6) is 17.2 Å². The fraction of sp³-hybridized carbons (Fsp3) is 0.172. The number of aromatic nitrogens is 1. The normalized spacial score (nSPS) is 11.6. The molecule has 0 saturated heterocycles. The van der Waals surface area contributed by atoms with Gasteiger partial charge in [0.2, 0.25) is 5.91 Å². The van der Waals surface area contributed by atoms with Crippen molar-refractivity contribution >= 4 is 22.7 Å². The van der Waals surface area contributed by atoms with Crippen LogP contribution in [-0.4, -0.2) is 25.8 Å². The van der Waals surface area contributed by atoms with Crippen molar-refractivity contribution in [2.24, 2.45) is 7.05 Å². The summed E-state index contributed by atoms with van der Waals surface area (Å²) in [6.07, 6.45) is 1.57. The summed E-state index contributed by atoms with van der Waals surface area (Å²) in [4.78, 5) is 25.1. The average molecular weight is 568 g/mol. The summed E-state index contributed by atoms with van der Waals surface area (Å²) in [7, 11) is 1.56. The molecule has 1 heterocycles. The molecule has 1 amide bonds. The van der Waals surface area contributed by atoms with Gasteiger partial charge >= 0.3 is 0 Å². The number of aryl methyl sites for hydroxylation is 1. The van der Waals surface area contributed by atoms with Crippen molar-refractivity contribution in [2.75, 3.05) is 11.9 Å². The summed E-state index contributed by atoms with van der Waals surface area (Å²) in [5.74, 6) is -1.88. The molecule has 208 valence electrons. The van der Waals surface area contributed by atoms with Gasteiger partial charge in [0, 0.05) is 47.9 Å². The van der Waals surface area contributed by atoms with Crippen molar-refractivity contribution in [3.05, 3.63) is 106 Å². The van der Waals surface area contributed by atoms with Crippen molar-refractivity contribution < 1.29 is 31.8 Å². The second-order valence-corrected chi connectivity index (χ2v) is 9.71. The monoisotopic (exact) mass is 567 g/mol. The molecular weight excluding hydrogens is 542 g/mol. The summed E-state index contributed by atoms with van der Waals surface area (Å²) >= 11 is -2.21. The molecule has 4 rings (SSSR count). The van der Waals surface area contributed by atoms with Crippen LogP contribution in [0.1, 0.15) is 18.1 Å². The number of carbonyl (C=O) groups excluding carboxylic acids is 1. The third-order valence-corrected chi connectivity index (χ3v) is 6.40. The zero-order valence-corrected chi connectivity index (χ0v) is 22.4. The van der Waals surface area contributed by atoms with Gasteiger partial charge in [-0.15, -0.1) is 0 Å². The molecule has 0 bridgehead atoms. The number of hydrogen-bond acceptors (Lipinski definition) is 6. The van der Waals surface area contributed by atoms with Gasteiger partial charge in [-0.2, -0.15) is 0 Å². The molecule has 1 N–H and O–H groups in total. The van der Waals surface area contributed by atoms with Gasteiger partial charge in [0.25, 0.3) is 5.56 Å². The Morgan fingerprint density at radius 1 is 0.950 bits per heavy atom. The van der Waals surface area contributed by atoms with E-state index in [1.54, 1.807) is 56.6 Å². The number of rotatable bonds is 10. The fourth-order valence-electron chi connectivity index (χ4n) is 3.95. The van der Waals surface area contributed by atoms with Gasteiger partial charge in [-0.05, 0) is 48.4 Å². The predicted octanol–water partition coefficient (Wildman–Crippen LogP) is 5.08. The number of nitrogens with zero attached hydrogens (tertiary/aromatic N) is 1. The van der Waals surface area contributed by atoms with E-state index in [2.05, 4.69) is 5.32 Å². The molecule has 8 nitrogen and oxygen atoms in total. The van der Waals surface area contributed by atoms with Crippen molar-refractivity contribution in [1.82, 2.24) is 4.57 Å². The van der Waals surface area contributed by atoms with E-state index in [9.17, 15) is 27.1 Å². The van der Waals surface area contributed by atoms with Gasteiger partial charge in [0.15, 0.2) is 11.6 Å². The number of halogens is 2. The van der Waals surface area contributed by atoms with Crippen molar-refractivity contribution in [1.29, 1.82) is 0 Å². The summed E-state index contributed by atoms with van der Waals surface area (Å²) < 4.78 is 62.5. The fourth-order valence-corrected chi connectivity index (χ4v) is 4.42. The molecule has 4 aromatic rings. The first-order chi connectivity index (χ1) is 19.1. The molecular formula is C29H25F2N2O6S-. The highest BCUT2D eigenvalue weighted by Crippen LogP contribution is 2.40. The lowest BCUT2D eigenvalue weighted by Gasteiger charge is -2.17. The Morgan fingerprint density at radius 2 is 1.65 bits per heavy atom. The SMILES string of the molecule is CCOc1cc(=O)n(C)cc1-c1cc(NC(=O)Cc2ccc(CS(=O)[O-])cc2)ccc1Oc1ccc(F)cc1F. The number of nitrogens with one attached hydrogen (secondary N) is 1. The molecule has 0 radical (unpaired) electrons. The van der Waals surface area contributed by atoms with E-state index in [0.29, 0.717) is 34.0 Å². The number of amides is 1. The first-order valence-electron chi connectivity index (χ1n) is 12.2. The van der Waals surface area contributed by atoms with Crippen LogP contribution in [0.3, 0.4) is 0 Å². The topological polar surface area (TPSA) is 110 Å². The van der Waals surface area contributed by atoms with Crippen LogP contribution in [0.25, 0.3) is 11.1 Å². The molecule has 3 aromatic carbocycles. The Balaban J connectivity index is 1.67. The van der Waals surface area contributed by atoms with Crippen LogP contribution in [0.2, 0.25) is 0 Å². The van der Waals surface area contributed by atoms with Crippen molar-refractivity contribution in [3.8, 4) is 28.4 Å². The smallest absolute Gasteiger partial charge is 0.254 e. The van der Waals surface area contributed by atoms with Crippen molar-refractivity contribution in [3.63, 3.8) is 0 Å². The Kier molecular flexibility index (Phi) is 9.08. The molecule has 11 heteroatoms.